The third-order valence-electron chi connectivity index (χ3n) is 5.06. The first-order chi connectivity index (χ1) is 17.8. The molecule has 10 nitrogen and oxygen atoms in total. The predicted octanol–water partition coefficient (Wildman–Crippen LogP) is 4.90. The fraction of sp³-hybridized carbons (Fsp3) is 0.148. The molecule has 10 heteroatoms. The molecular weight excluding hydrogens is 478 g/mol. The topological polar surface area (TPSA) is 141 Å². The van der Waals surface area contributed by atoms with E-state index in [1.165, 1.54) is 49.6 Å². The van der Waals surface area contributed by atoms with Crippen LogP contribution in [0.3, 0.4) is 0 Å². The molecular formula is C27H23N3O7. The molecule has 0 bridgehead atoms. The van der Waals surface area contributed by atoms with Gasteiger partial charge < -0.3 is 19.5 Å². The van der Waals surface area contributed by atoms with Gasteiger partial charge in [0.25, 0.3) is 11.6 Å². The van der Waals surface area contributed by atoms with Gasteiger partial charge in [0, 0.05) is 29.4 Å². The van der Waals surface area contributed by atoms with E-state index in [9.17, 15) is 25.0 Å². The fourth-order valence-corrected chi connectivity index (χ4v) is 3.21. The number of nitrogens with one attached hydrogen (secondary N) is 1. The molecule has 0 saturated heterocycles. The van der Waals surface area contributed by atoms with Crippen LogP contribution in [0.5, 0.6) is 11.5 Å². The molecule has 3 aromatic rings. The highest BCUT2D eigenvalue weighted by Crippen LogP contribution is 2.28. The highest BCUT2D eigenvalue weighted by molar-refractivity contribution is 6.10. The van der Waals surface area contributed by atoms with Gasteiger partial charge in [-0.1, -0.05) is 12.1 Å². The molecule has 0 fully saturated rings. The minimum atomic E-state index is -0.660. The summed E-state index contributed by atoms with van der Waals surface area (Å²) in [5.41, 5.74) is 1.45. The number of non-ortho nitro benzene ring substituents is 1. The summed E-state index contributed by atoms with van der Waals surface area (Å²) in [6, 6.07) is 18.8. The molecule has 0 spiro atoms. The summed E-state index contributed by atoms with van der Waals surface area (Å²) >= 11 is 0. The van der Waals surface area contributed by atoms with E-state index in [1.54, 1.807) is 37.3 Å². The number of hydrogen-bond acceptors (Lipinski definition) is 8. The van der Waals surface area contributed by atoms with Crippen LogP contribution in [0.2, 0.25) is 0 Å². The number of benzene rings is 3. The van der Waals surface area contributed by atoms with E-state index >= 15 is 0 Å². The third-order valence-corrected chi connectivity index (χ3v) is 5.06. The summed E-state index contributed by atoms with van der Waals surface area (Å²) < 4.78 is 16.0. The van der Waals surface area contributed by atoms with Crippen LogP contribution in [0.25, 0.3) is 6.08 Å². The maximum atomic E-state index is 12.8. The Balaban J connectivity index is 1.80. The van der Waals surface area contributed by atoms with Crippen molar-refractivity contribution in [1.29, 1.82) is 5.26 Å². The molecule has 37 heavy (non-hydrogen) atoms. The standard InChI is InChI=1S/C27H23N3O7/c1-3-36-27(32)19-7-10-22(11-8-19)29-26(31)21(16-28)14-20-9-12-24(35-2)15-25(20)37-17-18-5-4-6-23(13-18)30(33)34/h4-15H,3,17H2,1-2H3,(H,29,31)/b21-14+. The van der Waals surface area contributed by atoms with Crippen molar-refractivity contribution in [3.8, 4) is 17.6 Å². The maximum Gasteiger partial charge on any atom is 0.338 e. The maximum absolute atomic E-state index is 12.8. The number of nitrogens with zero attached hydrogens (tertiary/aromatic N) is 2. The molecule has 0 atom stereocenters. The van der Waals surface area contributed by atoms with Gasteiger partial charge in [0.15, 0.2) is 0 Å². The Bertz CT molecular complexity index is 1380. The lowest BCUT2D eigenvalue weighted by Crippen LogP contribution is -2.14. The van der Waals surface area contributed by atoms with Gasteiger partial charge in [-0.3, -0.25) is 14.9 Å². The zero-order valence-corrected chi connectivity index (χ0v) is 20.1. The number of ether oxygens (including phenoxy) is 3. The number of nitro groups is 1. The highest BCUT2D eigenvalue weighted by atomic mass is 16.6. The van der Waals surface area contributed by atoms with Crippen LogP contribution in [0, 0.1) is 21.4 Å². The van der Waals surface area contributed by atoms with E-state index < -0.39 is 16.8 Å². The Morgan fingerprint density at radius 3 is 2.51 bits per heavy atom. The van der Waals surface area contributed by atoms with Crippen molar-refractivity contribution in [3.63, 3.8) is 0 Å². The van der Waals surface area contributed by atoms with Crippen molar-refractivity contribution >= 4 is 29.3 Å². The summed E-state index contributed by atoms with van der Waals surface area (Å²) in [6.07, 6.45) is 1.37. The first-order valence-corrected chi connectivity index (χ1v) is 11.1. The lowest BCUT2D eigenvalue weighted by molar-refractivity contribution is -0.384. The van der Waals surface area contributed by atoms with Crippen LogP contribution in [-0.4, -0.2) is 30.5 Å². The van der Waals surface area contributed by atoms with Gasteiger partial charge in [-0.2, -0.15) is 5.26 Å². The number of carbonyl (C=O) groups excluding carboxylic acids is 2. The number of amides is 1. The Kier molecular flexibility index (Phi) is 8.94. The Labute approximate surface area is 212 Å². The van der Waals surface area contributed by atoms with E-state index in [4.69, 9.17) is 14.2 Å². The first kappa shape index (κ1) is 26.4. The largest absolute Gasteiger partial charge is 0.497 e. The quantitative estimate of drug-likeness (QED) is 0.136. The Morgan fingerprint density at radius 1 is 1.11 bits per heavy atom. The number of esters is 1. The van der Waals surface area contributed by atoms with Gasteiger partial charge in [0.2, 0.25) is 0 Å². The second-order valence-corrected chi connectivity index (χ2v) is 7.54. The van der Waals surface area contributed by atoms with Crippen molar-refractivity contribution in [2.75, 3.05) is 19.0 Å². The molecule has 1 N–H and O–H groups in total. The summed E-state index contributed by atoms with van der Waals surface area (Å²) in [7, 11) is 1.48. The molecule has 0 aromatic heterocycles. The average molecular weight is 501 g/mol. The van der Waals surface area contributed by atoms with Crippen LogP contribution in [0.1, 0.15) is 28.4 Å². The Hall–Kier alpha value is -5.17. The molecule has 0 aliphatic rings. The number of carbonyl (C=O) groups is 2. The SMILES string of the molecule is CCOC(=O)c1ccc(NC(=O)/C(C#N)=C/c2ccc(OC)cc2OCc2cccc([N+](=O)[O-])c2)cc1. The summed E-state index contributed by atoms with van der Waals surface area (Å²) in [6.45, 7) is 1.96. The van der Waals surface area contributed by atoms with Crippen molar-refractivity contribution in [1.82, 2.24) is 0 Å². The van der Waals surface area contributed by atoms with Gasteiger partial charge in [0.1, 0.15) is 29.7 Å². The molecule has 3 rings (SSSR count). The first-order valence-electron chi connectivity index (χ1n) is 11.1. The zero-order chi connectivity index (χ0) is 26.8. The number of anilines is 1. The molecule has 3 aromatic carbocycles. The van der Waals surface area contributed by atoms with Crippen LogP contribution in [0.4, 0.5) is 11.4 Å². The minimum absolute atomic E-state index is 0.0105. The van der Waals surface area contributed by atoms with Crippen LogP contribution in [0.15, 0.2) is 72.3 Å². The van der Waals surface area contributed by atoms with Crippen LogP contribution < -0.4 is 14.8 Å². The molecule has 1 amide bonds. The molecule has 0 aliphatic heterocycles. The van der Waals surface area contributed by atoms with Crippen molar-refractivity contribution in [3.05, 3.63) is 99.1 Å². The summed E-state index contributed by atoms with van der Waals surface area (Å²) in [4.78, 5) is 35.1. The molecule has 0 saturated carbocycles. The number of nitriles is 1. The minimum Gasteiger partial charge on any atom is -0.497 e. The molecule has 0 unspecified atom stereocenters. The predicted molar refractivity (Wildman–Crippen MR) is 135 cm³/mol. The van der Waals surface area contributed by atoms with Crippen molar-refractivity contribution < 1.29 is 28.7 Å². The van der Waals surface area contributed by atoms with Gasteiger partial charge >= 0.3 is 5.97 Å². The normalized spacial score (nSPS) is 10.7. The molecule has 188 valence electrons. The Morgan fingerprint density at radius 2 is 1.86 bits per heavy atom. The third kappa shape index (κ3) is 7.16. The number of rotatable bonds is 10. The zero-order valence-electron chi connectivity index (χ0n) is 20.1. The average Bonchev–Trinajstić information content (AvgIpc) is 2.91. The van der Waals surface area contributed by atoms with Crippen LogP contribution >= 0.6 is 0 Å². The summed E-state index contributed by atoms with van der Waals surface area (Å²) in [5, 5.41) is 23.3. The van der Waals surface area contributed by atoms with Gasteiger partial charge in [-0.25, -0.2) is 4.79 Å². The number of methoxy groups -OCH3 is 1. The number of hydrogen-bond donors (Lipinski definition) is 1. The van der Waals surface area contributed by atoms with E-state index in [0.717, 1.165) is 0 Å². The highest BCUT2D eigenvalue weighted by Gasteiger charge is 2.14. The molecule has 0 aliphatic carbocycles. The second-order valence-electron chi connectivity index (χ2n) is 7.54. The lowest BCUT2D eigenvalue weighted by atomic mass is 10.1. The van der Waals surface area contributed by atoms with Gasteiger partial charge in [-0.05, 0) is 55.0 Å². The lowest BCUT2D eigenvalue weighted by Gasteiger charge is -2.12. The second kappa shape index (κ2) is 12.5. The fourth-order valence-electron chi connectivity index (χ4n) is 3.21. The van der Waals surface area contributed by atoms with Crippen molar-refractivity contribution in [2.24, 2.45) is 0 Å². The van der Waals surface area contributed by atoms with Crippen LogP contribution in [-0.2, 0) is 16.1 Å². The molecule has 0 heterocycles. The van der Waals surface area contributed by atoms with Gasteiger partial charge in [0.05, 0.1) is 24.2 Å². The summed E-state index contributed by atoms with van der Waals surface area (Å²) in [5.74, 6) is -0.344. The van der Waals surface area contributed by atoms with E-state index in [0.29, 0.717) is 33.9 Å². The van der Waals surface area contributed by atoms with E-state index in [-0.39, 0.29) is 24.5 Å². The van der Waals surface area contributed by atoms with E-state index in [2.05, 4.69) is 5.32 Å². The van der Waals surface area contributed by atoms with E-state index in [1.807, 2.05) is 6.07 Å². The smallest absolute Gasteiger partial charge is 0.338 e. The van der Waals surface area contributed by atoms with Gasteiger partial charge in [-0.15, -0.1) is 0 Å². The van der Waals surface area contributed by atoms with Crippen molar-refractivity contribution in [2.45, 2.75) is 13.5 Å². The molecule has 0 radical (unpaired) electrons. The monoisotopic (exact) mass is 501 g/mol. The number of nitro benzene ring substituents is 1.